The molecule has 1 amide bonds. The first kappa shape index (κ1) is 16.6. The molecule has 6 heteroatoms. The highest BCUT2D eigenvalue weighted by atomic mass is 19.1. The van der Waals surface area contributed by atoms with E-state index in [0.717, 1.165) is 31.9 Å². The third-order valence-electron chi connectivity index (χ3n) is 4.45. The summed E-state index contributed by atoms with van der Waals surface area (Å²) < 4.78 is 18.3. The van der Waals surface area contributed by atoms with E-state index in [1.54, 1.807) is 17.0 Å². The van der Waals surface area contributed by atoms with Crippen LogP contribution in [-0.4, -0.2) is 33.5 Å². The van der Waals surface area contributed by atoms with Crippen LogP contribution in [0.25, 0.3) is 0 Å². The molecule has 5 nitrogen and oxygen atoms in total. The van der Waals surface area contributed by atoms with Gasteiger partial charge >= 0.3 is 0 Å². The molecule has 2 aromatic rings. The van der Waals surface area contributed by atoms with E-state index in [-0.39, 0.29) is 17.6 Å². The van der Waals surface area contributed by atoms with Gasteiger partial charge in [-0.15, -0.1) is 0 Å². The minimum absolute atomic E-state index is 0.0908. The first-order chi connectivity index (χ1) is 11.6. The Morgan fingerprint density at radius 3 is 2.96 bits per heavy atom. The number of hydrogen-bond acceptors (Lipinski definition) is 4. The van der Waals surface area contributed by atoms with E-state index in [9.17, 15) is 14.3 Å². The Kier molecular flexibility index (Phi) is 5.25. The lowest BCUT2D eigenvalue weighted by Crippen LogP contribution is -2.41. The van der Waals surface area contributed by atoms with Gasteiger partial charge in [0.2, 0.25) is 0 Å². The van der Waals surface area contributed by atoms with Crippen molar-refractivity contribution in [2.75, 3.05) is 6.54 Å². The Balaban J connectivity index is 1.76. The van der Waals surface area contributed by atoms with Gasteiger partial charge in [0.1, 0.15) is 23.4 Å². The number of furan rings is 1. The lowest BCUT2D eigenvalue weighted by atomic mass is 10.0. The number of nitrogens with zero attached hydrogens (tertiary/aromatic N) is 2. The quantitative estimate of drug-likeness (QED) is 0.933. The summed E-state index contributed by atoms with van der Waals surface area (Å²) in [6.45, 7) is 0.618. The van der Waals surface area contributed by atoms with Gasteiger partial charge in [-0.25, -0.2) is 9.37 Å². The van der Waals surface area contributed by atoms with Crippen molar-refractivity contribution in [1.82, 2.24) is 9.88 Å². The predicted molar refractivity (Wildman–Crippen MR) is 85.8 cm³/mol. The van der Waals surface area contributed by atoms with E-state index in [4.69, 9.17) is 4.42 Å². The fraction of sp³-hybridized carbons (Fsp3) is 0.444. The molecule has 0 spiro atoms. The van der Waals surface area contributed by atoms with Crippen LogP contribution in [0.4, 0.5) is 4.39 Å². The minimum Gasteiger partial charge on any atom is -0.467 e. The van der Waals surface area contributed by atoms with E-state index in [1.165, 1.54) is 18.4 Å². The third-order valence-corrected chi connectivity index (χ3v) is 4.45. The predicted octanol–water partition coefficient (Wildman–Crippen LogP) is 3.32. The van der Waals surface area contributed by atoms with Crippen LogP contribution in [-0.2, 0) is 0 Å². The van der Waals surface area contributed by atoms with Crippen molar-refractivity contribution in [2.24, 2.45) is 0 Å². The Labute approximate surface area is 140 Å². The van der Waals surface area contributed by atoms with Crippen molar-refractivity contribution >= 4 is 5.91 Å². The van der Waals surface area contributed by atoms with Gasteiger partial charge in [-0.3, -0.25) is 4.79 Å². The molecule has 1 saturated heterocycles. The second-order valence-corrected chi connectivity index (χ2v) is 6.13. The van der Waals surface area contributed by atoms with Crippen LogP contribution in [0.3, 0.4) is 0 Å². The molecular formula is C18H21FN2O3. The Hall–Kier alpha value is -2.21. The molecule has 1 aliphatic heterocycles. The Morgan fingerprint density at radius 1 is 1.38 bits per heavy atom. The zero-order valence-corrected chi connectivity index (χ0v) is 13.4. The van der Waals surface area contributed by atoms with Crippen LogP contribution < -0.4 is 0 Å². The average molecular weight is 332 g/mol. The highest BCUT2D eigenvalue weighted by Crippen LogP contribution is 2.27. The topological polar surface area (TPSA) is 66.6 Å². The maximum atomic E-state index is 13.0. The van der Waals surface area contributed by atoms with Crippen LogP contribution in [0.1, 0.15) is 54.5 Å². The van der Waals surface area contributed by atoms with Gasteiger partial charge in [0.15, 0.2) is 0 Å². The van der Waals surface area contributed by atoms with Crippen LogP contribution in [0.15, 0.2) is 41.1 Å². The van der Waals surface area contributed by atoms with E-state index >= 15 is 0 Å². The van der Waals surface area contributed by atoms with E-state index < -0.39 is 11.9 Å². The first-order valence-electron chi connectivity index (χ1n) is 8.29. The molecule has 2 aromatic heterocycles. The van der Waals surface area contributed by atoms with Gasteiger partial charge < -0.3 is 14.4 Å². The molecule has 3 heterocycles. The number of aliphatic hydroxyl groups excluding tert-OH is 1. The molecule has 24 heavy (non-hydrogen) atoms. The van der Waals surface area contributed by atoms with Gasteiger partial charge in [-0.05, 0) is 37.1 Å². The second kappa shape index (κ2) is 7.57. The summed E-state index contributed by atoms with van der Waals surface area (Å²) in [5, 5.41) is 10.4. The van der Waals surface area contributed by atoms with Gasteiger partial charge in [-0.2, -0.15) is 0 Å². The summed E-state index contributed by atoms with van der Waals surface area (Å²) in [4.78, 5) is 18.4. The molecule has 1 aliphatic rings. The highest BCUT2D eigenvalue weighted by Gasteiger charge is 2.29. The summed E-state index contributed by atoms with van der Waals surface area (Å²) in [6.07, 6.45) is 6.05. The summed E-state index contributed by atoms with van der Waals surface area (Å²) in [5.74, 6) is -0.174. The van der Waals surface area contributed by atoms with Gasteiger partial charge in [0, 0.05) is 19.0 Å². The van der Waals surface area contributed by atoms with E-state index in [1.807, 2.05) is 0 Å². The molecule has 0 aromatic carbocycles. The lowest BCUT2D eigenvalue weighted by Gasteiger charge is -2.31. The number of likely N-dealkylation sites (tertiary alicyclic amines) is 1. The second-order valence-electron chi connectivity index (χ2n) is 6.13. The Morgan fingerprint density at radius 2 is 2.25 bits per heavy atom. The smallest absolute Gasteiger partial charge is 0.272 e. The molecule has 0 bridgehead atoms. The third kappa shape index (κ3) is 3.82. The number of pyridine rings is 1. The molecule has 3 rings (SSSR count). The highest BCUT2D eigenvalue weighted by molar-refractivity contribution is 5.92. The molecule has 128 valence electrons. The maximum Gasteiger partial charge on any atom is 0.272 e. The number of amides is 1. The van der Waals surface area contributed by atoms with Crippen molar-refractivity contribution in [2.45, 2.75) is 44.2 Å². The summed E-state index contributed by atoms with van der Waals surface area (Å²) in [7, 11) is 0. The van der Waals surface area contributed by atoms with Crippen molar-refractivity contribution in [3.63, 3.8) is 0 Å². The van der Waals surface area contributed by atoms with Crippen molar-refractivity contribution in [3.8, 4) is 0 Å². The number of aromatic nitrogens is 1. The molecular weight excluding hydrogens is 311 g/mol. The largest absolute Gasteiger partial charge is 0.467 e. The van der Waals surface area contributed by atoms with Crippen molar-refractivity contribution in [3.05, 3.63) is 54.0 Å². The van der Waals surface area contributed by atoms with Crippen LogP contribution >= 0.6 is 0 Å². The number of halogens is 1. The zero-order valence-electron chi connectivity index (χ0n) is 13.4. The minimum atomic E-state index is -0.750. The average Bonchev–Trinajstić information content (AvgIpc) is 3.03. The molecule has 0 saturated carbocycles. The van der Waals surface area contributed by atoms with E-state index in [0.29, 0.717) is 18.7 Å². The number of hydrogen-bond donors (Lipinski definition) is 1. The molecule has 0 radical (unpaired) electrons. The number of aliphatic hydroxyl groups is 1. The normalized spacial score (nSPS) is 19.8. The number of carbonyl (C=O) groups excluding carboxylic acids is 1. The zero-order chi connectivity index (χ0) is 16.9. The van der Waals surface area contributed by atoms with Crippen LogP contribution in [0, 0.1) is 5.82 Å². The van der Waals surface area contributed by atoms with Crippen molar-refractivity contribution < 1.29 is 18.7 Å². The maximum absolute atomic E-state index is 13.0. The van der Waals surface area contributed by atoms with Crippen LogP contribution in [0.5, 0.6) is 0 Å². The summed E-state index contributed by atoms with van der Waals surface area (Å²) in [6, 6.07) is 6.02. The Bertz CT molecular complexity index is 657. The molecule has 1 N–H and O–H groups in total. The summed E-state index contributed by atoms with van der Waals surface area (Å²) >= 11 is 0. The van der Waals surface area contributed by atoms with Crippen LogP contribution in [0.2, 0.25) is 0 Å². The number of rotatable bonds is 4. The number of carbonyl (C=O) groups is 1. The monoisotopic (exact) mass is 332 g/mol. The molecule has 1 fully saturated rings. The molecule has 0 aliphatic carbocycles. The first-order valence-corrected chi connectivity index (χ1v) is 8.29. The molecule has 2 atom stereocenters. The van der Waals surface area contributed by atoms with Crippen molar-refractivity contribution in [1.29, 1.82) is 0 Å². The van der Waals surface area contributed by atoms with Gasteiger partial charge in [-0.1, -0.05) is 12.8 Å². The lowest BCUT2D eigenvalue weighted by molar-refractivity contribution is 0.0552. The summed E-state index contributed by atoms with van der Waals surface area (Å²) in [5.41, 5.74) is 0.232. The standard InChI is InChI=1S/C18H21FN2O3/c19-13-7-8-15(20-12-13)18(23)21-9-3-1-2-5-14(21)11-16(22)17-6-4-10-24-17/h4,6-8,10,12,14,16,22H,1-3,5,9,11H2/t14-,16+/m1/s1. The van der Waals surface area contributed by atoms with E-state index in [2.05, 4.69) is 4.98 Å². The molecule has 0 unspecified atom stereocenters. The van der Waals surface area contributed by atoms with Gasteiger partial charge in [0.25, 0.3) is 5.91 Å². The van der Waals surface area contributed by atoms with Gasteiger partial charge in [0.05, 0.1) is 12.5 Å². The SMILES string of the molecule is O=C(c1ccc(F)cn1)N1CCCCC[C@@H]1C[C@H](O)c1ccco1. The fourth-order valence-electron chi connectivity index (χ4n) is 3.19. The fourth-order valence-corrected chi connectivity index (χ4v) is 3.19.